The van der Waals surface area contributed by atoms with Gasteiger partial charge in [0.25, 0.3) is 5.91 Å². The van der Waals surface area contributed by atoms with E-state index in [0.29, 0.717) is 5.69 Å². The third-order valence-corrected chi connectivity index (χ3v) is 3.19. The van der Waals surface area contributed by atoms with Crippen molar-refractivity contribution in [2.45, 2.75) is 6.92 Å². The van der Waals surface area contributed by atoms with Gasteiger partial charge < -0.3 is 10.0 Å². The summed E-state index contributed by atoms with van der Waals surface area (Å²) in [7, 11) is 1.59. The lowest BCUT2D eigenvalue weighted by Gasteiger charge is -2.19. The Balaban J connectivity index is 2.29. The number of amides is 1. The zero-order valence-corrected chi connectivity index (χ0v) is 11.4. The first-order valence-corrected chi connectivity index (χ1v) is 6.32. The lowest BCUT2D eigenvalue weighted by atomic mass is 10.1. The molecule has 1 N–H and O–H groups in total. The molecule has 1 aromatic carbocycles. The summed E-state index contributed by atoms with van der Waals surface area (Å²) in [6, 6.07) is 9.33. The summed E-state index contributed by atoms with van der Waals surface area (Å²) in [4.78, 5) is 28.8. The number of aromatic nitrogens is 1. The number of carboxylic acids is 1. The van der Waals surface area contributed by atoms with Crippen molar-refractivity contribution in [3.8, 4) is 0 Å². The smallest absolute Gasteiger partial charge is 0.308 e. The summed E-state index contributed by atoms with van der Waals surface area (Å²) in [5, 5.41) is 10.6. The molecule has 2 rings (SSSR count). The lowest BCUT2D eigenvalue weighted by Crippen LogP contribution is -2.34. The van der Waals surface area contributed by atoms with Crippen LogP contribution in [0.3, 0.4) is 0 Å². The zero-order valence-electron chi connectivity index (χ0n) is 11.4. The van der Waals surface area contributed by atoms with Crippen molar-refractivity contribution in [1.82, 2.24) is 9.88 Å². The Morgan fingerprint density at radius 3 is 2.70 bits per heavy atom. The highest BCUT2D eigenvalue weighted by Gasteiger charge is 2.20. The molecule has 0 aliphatic heterocycles. The van der Waals surface area contributed by atoms with Crippen LogP contribution in [0.4, 0.5) is 0 Å². The standard InChI is InChI=1S/C15H16N2O3/c1-10(15(19)20)9-17(2)14(18)13-12-6-4-3-5-11(12)7-8-16-13/h3-8,10H,9H2,1-2H3,(H,19,20). The monoisotopic (exact) mass is 272 g/mol. The summed E-state index contributed by atoms with van der Waals surface area (Å²) >= 11 is 0. The van der Waals surface area contributed by atoms with Gasteiger partial charge in [0.1, 0.15) is 5.69 Å². The number of carbonyl (C=O) groups is 2. The van der Waals surface area contributed by atoms with Crippen LogP contribution in [0.2, 0.25) is 0 Å². The highest BCUT2D eigenvalue weighted by molar-refractivity contribution is 6.05. The number of hydrogen-bond donors (Lipinski definition) is 1. The number of fused-ring (bicyclic) bond motifs is 1. The van der Waals surface area contributed by atoms with Crippen LogP contribution in [0.1, 0.15) is 17.4 Å². The number of benzene rings is 1. The van der Waals surface area contributed by atoms with E-state index in [1.165, 1.54) is 4.90 Å². The summed E-state index contributed by atoms with van der Waals surface area (Å²) < 4.78 is 0. The fourth-order valence-electron chi connectivity index (χ4n) is 2.04. The van der Waals surface area contributed by atoms with E-state index in [-0.39, 0.29) is 12.5 Å². The Morgan fingerprint density at radius 1 is 1.30 bits per heavy atom. The van der Waals surface area contributed by atoms with Crippen molar-refractivity contribution in [1.29, 1.82) is 0 Å². The molecular weight excluding hydrogens is 256 g/mol. The van der Waals surface area contributed by atoms with E-state index < -0.39 is 11.9 Å². The van der Waals surface area contributed by atoms with Crippen molar-refractivity contribution < 1.29 is 14.7 Å². The van der Waals surface area contributed by atoms with Crippen LogP contribution in [-0.4, -0.2) is 40.5 Å². The van der Waals surface area contributed by atoms with Crippen LogP contribution in [0.5, 0.6) is 0 Å². The molecule has 20 heavy (non-hydrogen) atoms. The number of rotatable bonds is 4. The zero-order chi connectivity index (χ0) is 14.7. The van der Waals surface area contributed by atoms with E-state index in [4.69, 9.17) is 5.11 Å². The number of pyridine rings is 1. The maximum absolute atomic E-state index is 12.4. The summed E-state index contributed by atoms with van der Waals surface area (Å²) in [5.41, 5.74) is 0.350. The maximum atomic E-state index is 12.4. The molecule has 104 valence electrons. The second-order valence-electron chi connectivity index (χ2n) is 4.81. The van der Waals surface area contributed by atoms with Gasteiger partial charge in [0, 0.05) is 25.2 Å². The maximum Gasteiger partial charge on any atom is 0.308 e. The predicted octanol–water partition coefficient (Wildman–Crippen LogP) is 2.03. The number of aliphatic carboxylic acids is 1. The van der Waals surface area contributed by atoms with Gasteiger partial charge in [-0.15, -0.1) is 0 Å². The lowest BCUT2D eigenvalue weighted by molar-refractivity contribution is -0.141. The van der Waals surface area contributed by atoms with Gasteiger partial charge in [0.15, 0.2) is 0 Å². The number of hydrogen-bond acceptors (Lipinski definition) is 3. The average molecular weight is 272 g/mol. The number of nitrogens with zero attached hydrogens (tertiary/aromatic N) is 2. The van der Waals surface area contributed by atoms with Gasteiger partial charge in [-0.1, -0.05) is 31.2 Å². The SMILES string of the molecule is CC(CN(C)C(=O)c1nccc2ccccc12)C(=O)O. The van der Waals surface area contributed by atoms with E-state index in [1.807, 2.05) is 30.3 Å². The van der Waals surface area contributed by atoms with Crippen molar-refractivity contribution in [3.63, 3.8) is 0 Å². The molecular formula is C15H16N2O3. The molecule has 0 bridgehead atoms. The predicted molar refractivity (Wildman–Crippen MR) is 75.5 cm³/mol. The van der Waals surface area contributed by atoms with Crippen LogP contribution < -0.4 is 0 Å². The topological polar surface area (TPSA) is 70.5 Å². The minimum atomic E-state index is -0.921. The second-order valence-corrected chi connectivity index (χ2v) is 4.81. The molecule has 1 unspecified atom stereocenters. The van der Waals surface area contributed by atoms with Crippen LogP contribution in [-0.2, 0) is 4.79 Å². The average Bonchev–Trinajstić information content (AvgIpc) is 2.45. The van der Waals surface area contributed by atoms with Crippen LogP contribution in [0, 0.1) is 5.92 Å². The van der Waals surface area contributed by atoms with E-state index in [0.717, 1.165) is 10.8 Å². The van der Waals surface area contributed by atoms with Crippen LogP contribution in [0.25, 0.3) is 10.8 Å². The quantitative estimate of drug-likeness (QED) is 0.924. The fourth-order valence-corrected chi connectivity index (χ4v) is 2.04. The Kier molecular flexibility index (Phi) is 3.98. The molecule has 0 saturated carbocycles. The molecule has 0 spiro atoms. The van der Waals surface area contributed by atoms with Gasteiger partial charge in [-0.05, 0) is 11.5 Å². The normalized spacial score (nSPS) is 12.1. The largest absolute Gasteiger partial charge is 0.481 e. The van der Waals surface area contributed by atoms with Crippen LogP contribution in [0.15, 0.2) is 36.5 Å². The van der Waals surface area contributed by atoms with Gasteiger partial charge >= 0.3 is 5.97 Å². The van der Waals surface area contributed by atoms with Crippen molar-refractivity contribution in [3.05, 3.63) is 42.2 Å². The molecule has 1 heterocycles. The summed E-state index contributed by atoms with van der Waals surface area (Å²) in [6.07, 6.45) is 1.59. The van der Waals surface area contributed by atoms with Crippen molar-refractivity contribution >= 4 is 22.6 Å². The van der Waals surface area contributed by atoms with Gasteiger partial charge in [0.05, 0.1) is 5.92 Å². The van der Waals surface area contributed by atoms with E-state index in [2.05, 4.69) is 4.98 Å². The molecule has 0 fully saturated rings. The Morgan fingerprint density at radius 2 is 2.00 bits per heavy atom. The summed E-state index contributed by atoms with van der Waals surface area (Å²) in [5.74, 6) is -1.80. The minimum Gasteiger partial charge on any atom is -0.481 e. The first-order valence-electron chi connectivity index (χ1n) is 6.32. The molecule has 5 heteroatoms. The summed E-state index contributed by atoms with van der Waals surface area (Å²) in [6.45, 7) is 1.72. The van der Waals surface area contributed by atoms with Crippen molar-refractivity contribution in [2.24, 2.45) is 5.92 Å². The van der Waals surface area contributed by atoms with E-state index >= 15 is 0 Å². The molecule has 1 atom stereocenters. The first kappa shape index (κ1) is 14.0. The van der Waals surface area contributed by atoms with Gasteiger partial charge in [-0.2, -0.15) is 0 Å². The molecule has 0 aliphatic rings. The van der Waals surface area contributed by atoms with Gasteiger partial charge in [-0.25, -0.2) is 0 Å². The molecule has 1 aromatic heterocycles. The minimum absolute atomic E-state index is 0.152. The third-order valence-electron chi connectivity index (χ3n) is 3.19. The highest BCUT2D eigenvalue weighted by Crippen LogP contribution is 2.17. The third kappa shape index (κ3) is 2.77. The molecule has 0 radical (unpaired) electrons. The van der Waals surface area contributed by atoms with Crippen LogP contribution >= 0.6 is 0 Å². The van der Waals surface area contributed by atoms with Gasteiger partial charge in [0.2, 0.25) is 0 Å². The second kappa shape index (κ2) is 5.69. The number of carboxylic acid groups (broad SMARTS) is 1. The van der Waals surface area contributed by atoms with Crippen molar-refractivity contribution in [2.75, 3.05) is 13.6 Å². The Labute approximate surface area is 116 Å². The fraction of sp³-hybridized carbons (Fsp3) is 0.267. The highest BCUT2D eigenvalue weighted by atomic mass is 16.4. The number of carbonyl (C=O) groups excluding carboxylic acids is 1. The van der Waals surface area contributed by atoms with E-state index in [9.17, 15) is 9.59 Å². The first-order chi connectivity index (χ1) is 9.50. The molecule has 2 aromatic rings. The molecule has 5 nitrogen and oxygen atoms in total. The Hall–Kier alpha value is -2.43. The Bertz CT molecular complexity index is 649. The molecule has 0 aliphatic carbocycles. The molecule has 0 saturated heterocycles. The van der Waals surface area contributed by atoms with E-state index in [1.54, 1.807) is 20.2 Å². The molecule has 1 amide bonds. The van der Waals surface area contributed by atoms with Gasteiger partial charge in [-0.3, -0.25) is 14.6 Å².